The van der Waals surface area contributed by atoms with Crippen molar-refractivity contribution in [2.45, 2.75) is 44.8 Å². The average molecular weight is 440 g/mol. The second kappa shape index (κ2) is 9.84. The molecule has 1 N–H and O–H groups in total. The van der Waals surface area contributed by atoms with Gasteiger partial charge in [0.2, 0.25) is 5.91 Å². The van der Waals surface area contributed by atoms with Crippen molar-refractivity contribution in [3.05, 3.63) is 42.2 Å². The topological polar surface area (TPSA) is 96.9 Å². The molecule has 2 aromatic rings. The second-order valence-electron chi connectivity index (χ2n) is 8.22. The number of hydrogen-bond donors (Lipinski definition) is 1. The Balaban J connectivity index is 1.22. The van der Waals surface area contributed by atoms with Crippen molar-refractivity contribution in [1.82, 2.24) is 20.2 Å². The van der Waals surface area contributed by atoms with Gasteiger partial charge < -0.3 is 19.7 Å². The standard InChI is InChI=1S/C23H29N5O4/c1-16-3-7-18(8-4-16)28-14-13-27(23(28)30)15-20(29)26-17-5-9-19(10-6-17)32-22-21(31-2)24-11-12-25-22/h3-4,7-8,11-12,17,19H,5-6,9-10,13-15H2,1-2H3,(H,26,29). The summed E-state index contributed by atoms with van der Waals surface area (Å²) in [6, 6.07) is 7.80. The summed E-state index contributed by atoms with van der Waals surface area (Å²) in [4.78, 5) is 36.9. The molecule has 1 aliphatic heterocycles. The SMILES string of the molecule is COc1nccnc1OC1CCC(NC(=O)CN2CCN(c3ccc(C)cc3)C2=O)CC1. The van der Waals surface area contributed by atoms with E-state index in [2.05, 4.69) is 15.3 Å². The van der Waals surface area contributed by atoms with Crippen molar-refractivity contribution in [2.75, 3.05) is 31.6 Å². The van der Waals surface area contributed by atoms with Gasteiger partial charge in [0.05, 0.1) is 7.11 Å². The largest absolute Gasteiger partial charge is 0.477 e. The minimum absolute atomic E-state index is 0.0111. The number of carbonyl (C=O) groups is 2. The molecule has 32 heavy (non-hydrogen) atoms. The summed E-state index contributed by atoms with van der Waals surface area (Å²) < 4.78 is 11.1. The summed E-state index contributed by atoms with van der Waals surface area (Å²) in [5.74, 6) is 0.648. The highest BCUT2D eigenvalue weighted by molar-refractivity contribution is 5.96. The van der Waals surface area contributed by atoms with Crippen LogP contribution in [-0.2, 0) is 4.79 Å². The van der Waals surface area contributed by atoms with Crippen LogP contribution in [0, 0.1) is 6.92 Å². The van der Waals surface area contributed by atoms with E-state index >= 15 is 0 Å². The van der Waals surface area contributed by atoms with Gasteiger partial charge >= 0.3 is 6.03 Å². The Bertz CT molecular complexity index is 944. The first-order chi connectivity index (χ1) is 15.5. The third-order valence-electron chi connectivity index (χ3n) is 5.92. The highest BCUT2D eigenvalue weighted by Crippen LogP contribution is 2.27. The number of carbonyl (C=O) groups excluding carboxylic acids is 2. The van der Waals surface area contributed by atoms with E-state index in [0.29, 0.717) is 24.8 Å². The van der Waals surface area contributed by atoms with Gasteiger partial charge in [-0.2, -0.15) is 0 Å². The normalized spacial score (nSPS) is 20.9. The fourth-order valence-corrected chi connectivity index (χ4v) is 4.16. The second-order valence-corrected chi connectivity index (χ2v) is 8.22. The number of aryl methyl sites for hydroxylation is 1. The first kappa shape index (κ1) is 21.9. The Labute approximate surface area is 187 Å². The zero-order valence-corrected chi connectivity index (χ0v) is 18.5. The molecule has 1 aliphatic carbocycles. The number of methoxy groups -OCH3 is 1. The van der Waals surface area contributed by atoms with Crippen molar-refractivity contribution in [2.24, 2.45) is 0 Å². The molecule has 9 nitrogen and oxygen atoms in total. The van der Waals surface area contributed by atoms with Crippen LogP contribution < -0.4 is 19.7 Å². The molecule has 0 bridgehead atoms. The lowest BCUT2D eigenvalue weighted by atomic mass is 9.93. The Morgan fingerprint density at radius 1 is 1.06 bits per heavy atom. The molecule has 0 atom stereocenters. The number of urea groups is 1. The highest BCUT2D eigenvalue weighted by atomic mass is 16.5. The van der Waals surface area contributed by atoms with Crippen LogP contribution in [0.2, 0.25) is 0 Å². The zero-order valence-electron chi connectivity index (χ0n) is 18.5. The Kier molecular flexibility index (Phi) is 6.72. The predicted molar refractivity (Wildman–Crippen MR) is 119 cm³/mol. The maximum absolute atomic E-state index is 12.7. The Morgan fingerprint density at radius 2 is 1.75 bits per heavy atom. The third kappa shape index (κ3) is 5.09. The summed E-state index contributed by atoms with van der Waals surface area (Å²) in [6.07, 6.45) is 6.36. The monoisotopic (exact) mass is 439 g/mol. The van der Waals surface area contributed by atoms with E-state index in [-0.39, 0.29) is 30.6 Å². The van der Waals surface area contributed by atoms with Crippen LogP contribution in [0.3, 0.4) is 0 Å². The highest BCUT2D eigenvalue weighted by Gasteiger charge is 2.32. The predicted octanol–water partition coefficient (Wildman–Crippen LogP) is 2.54. The summed E-state index contributed by atoms with van der Waals surface area (Å²) in [5.41, 5.74) is 2.01. The molecule has 1 saturated heterocycles. The Morgan fingerprint density at radius 3 is 2.44 bits per heavy atom. The van der Waals surface area contributed by atoms with Crippen molar-refractivity contribution < 1.29 is 19.1 Å². The molecule has 1 aromatic heterocycles. The molecule has 0 unspecified atom stereocenters. The number of amides is 3. The van der Waals surface area contributed by atoms with E-state index in [1.165, 1.54) is 7.11 Å². The fraction of sp³-hybridized carbons (Fsp3) is 0.478. The van der Waals surface area contributed by atoms with Crippen molar-refractivity contribution in [3.63, 3.8) is 0 Å². The lowest BCUT2D eigenvalue weighted by Gasteiger charge is -2.29. The minimum atomic E-state index is -0.126. The smallest absolute Gasteiger partial charge is 0.325 e. The van der Waals surface area contributed by atoms with Gasteiger partial charge in [-0.15, -0.1) is 0 Å². The Hall–Kier alpha value is -3.36. The van der Waals surface area contributed by atoms with Gasteiger partial charge in [0, 0.05) is 37.2 Å². The number of benzene rings is 1. The zero-order chi connectivity index (χ0) is 22.5. The summed E-state index contributed by atoms with van der Waals surface area (Å²) in [7, 11) is 1.54. The van der Waals surface area contributed by atoms with E-state index in [4.69, 9.17) is 9.47 Å². The van der Waals surface area contributed by atoms with Gasteiger partial charge in [-0.3, -0.25) is 9.69 Å². The maximum Gasteiger partial charge on any atom is 0.325 e. The van der Waals surface area contributed by atoms with E-state index in [9.17, 15) is 9.59 Å². The van der Waals surface area contributed by atoms with Crippen molar-refractivity contribution in [1.29, 1.82) is 0 Å². The molecule has 2 aliphatic rings. The van der Waals surface area contributed by atoms with Crippen LogP contribution in [0.1, 0.15) is 31.2 Å². The lowest BCUT2D eigenvalue weighted by Crippen LogP contribution is -2.45. The van der Waals surface area contributed by atoms with Crippen LogP contribution >= 0.6 is 0 Å². The summed E-state index contributed by atoms with van der Waals surface area (Å²) >= 11 is 0. The molecular weight excluding hydrogens is 410 g/mol. The van der Waals surface area contributed by atoms with E-state index in [0.717, 1.165) is 36.9 Å². The molecule has 2 fully saturated rings. The van der Waals surface area contributed by atoms with Gasteiger partial charge in [-0.25, -0.2) is 14.8 Å². The van der Waals surface area contributed by atoms with Crippen LogP contribution in [0.25, 0.3) is 0 Å². The van der Waals surface area contributed by atoms with Gasteiger partial charge in [0.25, 0.3) is 11.8 Å². The van der Waals surface area contributed by atoms with E-state index in [1.807, 2.05) is 31.2 Å². The molecule has 2 heterocycles. The summed E-state index contributed by atoms with van der Waals surface area (Å²) in [5, 5.41) is 3.08. The molecule has 1 saturated carbocycles. The molecule has 9 heteroatoms. The summed E-state index contributed by atoms with van der Waals surface area (Å²) in [6.45, 7) is 3.22. The number of nitrogens with zero attached hydrogens (tertiary/aromatic N) is 4. The molecule has 1 aromatic carbocycles. The maximum atomic E-state index is 12.7. The van der Waals surface area contributed by atoms with Gasteiger partial charge in [-0.1, -0.05) is 17.7 Å². The van der Waals surface area contributed by atoms with Gasteiger partial charge in [0.1, 0.15) is 12.6 Å². The van der Waals surface area contributed by atoms with Crippen LogP contribution in [0.15, 0.2) is 36.7 Å². The molecular formula is C23H29N5O4. The molecule has 0 radical (unpaired) electrons. The number of rotatable bonds is 7. The van der Waals surface area contributed by atoms with E-state index in [1.54, 1.807) is 22.2 Å². The molecule has 0 spiro atoms. The first-order valence-corrected chi connectivity index (χ1v) is 11.0. The van der Waals surface area contributed by atoms with Crippen LogP contribution in [0.4, 0.5) is 10.5 Å². The first-order valence-electron chi connectivity index (χ1n) is 11.0. The lowest BCUT2D eigenvalue weighted by molar-refractivity contribution is -0.122. The number of nitrogens with one attached hydrogen (secondary N) is 1. The fourth-order valence-electron chi connectivity index (χ4n) is 4.16. The number of anilines is 1. The quantitative estimate of drug-likeness (QED) is 0.712. The van der Waals surface area contributed by atoms with Crippen LogP contribution in [-0.4, -0.2) is 65.7 Å². The van der Waals surface area contributed by atoms with Crippen molar-refractivity contribution >= 4 is 17.6 Å². The van der Waals surface area contributed by atoms with Gasteiger partial charge in [-0.05, 0) is 44.7 Å². The number of hydrogen-bond acceptors (Lipinski definition) is 6. The van der Waals surface area contributed by atoms with Crippen LogP contribution in [0.5, 0.6) is 11.8 Å². The molecule has 4 rings (SSSR count). The average Bonchev–Trinajstić information content (AvgIpc) is 3.16. The molecule has 170 valence electrons. The van der Waals surface area contributed by atoms with E-state index < -0.39 is 0 Å². The molecule has 3 amide bonds. The minimum Gasteiger partial charge on any atom is -0.477 e. The number of ether oxygens (including phenoxy) is 2. The third-order valence-corrected chi connectivity index (χ3v) is 5.92. The number of aromatic nitrogens is 2. The van der Waals surface area contributed by atoms with Crippen molar-refractivity contribution in [3.8, 4) is 11.8 Å². The van der Waals surface area contributed by atoms with Gasteiger partial charge in [0.15, 0.2) is 0 Å².